The molecule has 0 radical (unpaired) electrons. The van der Waals surface area contributed by atoms with Crippen LogP contribution in [0.1, 0.15) is 41.5 Å². The van der Waals surface area contributed by atoms with Crippen LogP contribution in [0.3, 0.4) is 0 Å². The number of hydrogen-bond acceptors (Lipinski definition) is 5. The van der Waals surface area contributed by atoms with Gasteiger partial charge in [0.2, 0.25) is 11.8 Å². The quantitative estimate of drug-likeness (QED) is 0.612. The molecular formula is C24H35N3O5S. The second-order valence-corrected chi connectivity index (χ2v) is 11.4. The van der Waals surface area contributed by atoms with Gasteiger partial charge in [-0.15, -0.1) is 0 Å². The van der Waals surface area contributed by atoms with Crippen LogP contribution in [-0.4, -0.2) is 77.7 Å². The van der Waals surface area contributed by atoms with E-state index >= 15 is 0 Å². The van der Waals surface area contributed by atoms with Crippen LogP contribution in [0.2, 0.25) is 0 Å². The van der Waals surface area contributed by atoms with Crippen molar-refractivity contribution in [2.75, 3.05) is 18.8 Å². The van der Waals surface area contributed by atoms with Crippen molar-refractivity contribution in [1.82, 2.24) is 14.4 Å². The molecule has 0 saturated carbocycles. The van der Waals surface area contributed by atoms with Crippen LogP contribution in [0, 0.1) is 0 Å². The van der Waals surface area contributed by atoms with Gasteiger partial charge in [0, 0.05) is 42.3 Å². The largest absolute Gasteiger partial charge is 0.372 e. The van der Waals surface area contributed by atoms with Crippen molar-refractivity contribution in [3.8, 4) is 0 Å². The predicted molar refractivity (Wildman–Crippen MR) is 128 cm³/mol. The number of rotatable bonds is 7. The number of carbonyl (C=O) groups excluding carboxylic acids is 2. The Balaban J connectivity index is 1.90. The first-order chi connectivity index (χ1) is 15.4. The summed E-state index contributed by atoms with van der Waals surface area (Å²) in [6, 6.07) is 7.13. The van der Waals surface area contributed by atoms with Crippen molar-refractivity contribution in [1.29, 1.82) is 0 Å². The Morgan fingerprint density at radius 2 is 1.64 bits per heavy atom. The minimum absolute atomic E-state index is 0.0263. The van der Waals surface area contributed by atoms with Gasteiger partial charge in [0.25, 0.3) is 0 Å². The highest BCUT2D eigenvalue weighted by Crippen LogP contribution is 2.27. The molecule has 3 rings (SSSR count). The van der Waals surface area contributed by atoms with Crippen molar-refractivity contribution in [3.05, 3.63) is 30.5 Å². The van der Waals surface area contributed by atoms with Crippen LogP contribution in [0.15, 0.2) is 35.4 Å². The molecule has 1 fully saturated rings. The molecule has 1 aliphatic heterocycles. The smallest absolute Gasteiger partial charge is 0.242 e. The SMILES string of the molecule is CC(C)N(C(=O)Cn1cc(S(=O)(=O)CC(=O)N2C[C@@H](C)O[C@@H](C)C2)c2ccccc21)C(C)C. The van der Waals surface area contributed by atoms with Crippen molar-refractivity contribution < 1.29 is 22.7 Å². The molecule has 8 nitrogen and oxygen atoms in total. The van der Waals surface area contributed by atoms with Crippen molar-refractivity contribution in [2.24, 2.45) is 0 Å². The van der Waals surface area contributed by atoms with Crippen molar-refractivity contribution in [2.45, 2.75) is 77.3 Å². The number of para-hydroxylation sites is 1. The Morgan fingerprint density at radius 1 is 1.06 bits per heavy atom. The lowest BCUT2D eigenvalue weighted by atomic mass is 10.2. The maximum atomic E-state index is 13.3. The molecule has 182 valence electrons. The molecule has 0 N–H and O–H groups in total. The van der Waals surface area contributed by atoms with Crippen LogP contribution in [0.4, 0.5) is 0 Å². The minimum Gasteiger partial charge on any atom is -0.372 e. The fourth-order valence-electron chi connectivity index (χ4n) is 4.70. The van der Waals surface area contributed by atoms with E-state index in [-0.39, 0.29) is 41.6 Å². The highest BCUT2D eigenvalue weighted by Gasteiger charge is 2.31. The van der Waals surface area contributed by atoms with E-state index in [1.54, 1.807) is 32.6 Å². The monoisotopic (exact) mass is 477 g/mol. The number of amides is 2. The standard InChI is InChI=1S/C24H35N3O5S/c1-16(2)27(17(3)4)23(28)14-25-13-22(20-9-7-8-10-21(20)25)33(30,31)15-24(29)26-11-18(5)32-19(6)12-26/h7-10,13,16-19H,11-12,14-15H2,1-6H3/t18-,19+. The molecule has 2 aromatic rings. The molecule has 2 amide bonds. The molecule has 0 spiro atoms. The third-order valence-electron chi connectivity index (χ3n) is 5.88. The van der Waals surface area contributed by atoms with Gasteiger partial charge >= 0.3 is 0 Å². The molecule has 1 aromatic carbocycles. The van der Waals surface area contributed by atoms with E-state index in [4.69, 9.17) is 4.74 Å². The zero-order chi connectivity index (χ0) is 24.5. The van der Waals surface area contributed by atoms with Crippen LogP contribution >= 0.6 is 0 Å². The van der Waals surface area contributed by atoms with E-state index in [1.807, 2.05) is 47.6 Å². The summed E-state index contributed by atoms with van der Waals surface area (Å²) in [6.45, 7) is 12.3. The number of hydrogen-bond donors (Lipinski definition) is 0. The Morgan fingerprint density at radius 3 is 2.21 bits per heavy atom. The van der Waals surface area contributed by atoms with Gasteiger partial charge in [-0.1, -0.05) is 18.2 Å². The Hall–Kier alpha value is -2.39. The van der Waals surface area contributed by atoms with Crippen LogP contribution < -0.4 is 0 Å². The average Bonchev–Trinajstić information content (AvgIpc) is 3.06. The third kappa shape index (κ3) is 5.58. The van der Waals surface area contributed by atoms with Gasteiger partial charge in [0.15, 0.2) is 9.84 Å². The summed E-state index contributed by atoms with van der Waals surface area (Å²) >= 11 is 0. The zero-order valence-corrected chi connectivity index (χ0v) is 21.1. The predicted octanol–water partition coefficient (Wildman–Crippen LogP) is 2.70. The summed E-state index contributed by atoms with van der Waals surface area (Å²) in [5.74, 6) is -1.13. The molecule has 1 saturated heterocycles. The zero-order valence-electron chi connectivity index (χ0n) is 20.3. The summed E-state index contributed by atoms with van der Waals surface area (Å²) in [5.41, 5.74) is 0.651. The Labute approximate surface area is 196 Å². The molecule has 33 heavy (non-hydrogen) atoms. The van der Waals surface area contributed by atoms with Gasteiger partial charge in [0.1, 0.15) is 12.3 Å². The first kappa shape index (κ1) is 25.2. The van der Waals surface area contributed by atoms with E-state index in [1.165, 1.54) is 6.20 Å². The second kappa shape index (κ2) is 9.85. The molecule has 9 heteroatoms. The topological polar surface area (TPSA) is 88.9 Å². The van der Waals surface area contributed by atoms with Crippen molar-refractivity contribution >= 4 is 32.6 Å². The fourth-order valence-corrected chi connectivity index (χ4v) is 6.16. The number of morpholine rings is 1. The van der Waals surface area contributed by atoms with E-state index < -0.39 is 21.5 Å². The van der Waals surface area contributed by atoms with E-state index in [2.05, 4.69) is 0 Å². The molecule has 1 aliphatic rings. The Bertz CT molecular complexity index is 1100. The van der Waals surface area contributed by atoms with Gasteiger partial charge in [-0.25, -0.2) is 8.42 Å². The van der Waals surface area contributed by atoms with Gasteiger partial charge in [-0.2, -0.15) is 0 Å². The first-order valence-electron chi connectivity index (χ1n) is 11.5. The molecular weight excluding hydrogens is 442 g/mol. The lowest BCUT2D eigenvalue weighted by Crippen LogP contribution is -2.49. The molecule has 2 heterocycles. The highest BCUT2D eigenvalue weighted by atomic mass is 32.2. The lowest BCUT2D eigenvalue weighted by Gasteiger charge is -2.35. The van der Waals surface area contributed by atoms with Crippen molar-refractivity contribution in [3.63, 3.8) is 0 Å². The molecule has 1 aromatic heterocycles. The van der Waals surface area contributed by atoms with Gasteiger partial charge < -0.3 is 19.1 Å². The summed E-state index contributed by atoms with van der Waals surface area (Å²) < 4.78 is 34.0. The number of ether oxygens (including phenoxy) is 1. The molecule has 2 atom stereocenters. The van der Waals surface area contributed by atoms with Gasteiger partial charge in [-0.05, 0) is 47.6 Å². The number of nitrogens with zero attached hydrogens (tertiary/aromatic N) is 3. The second-order valence-electron chi connectivity index (χ2n) is 9.44. The fraction of sp³-hybridized carbons (Fsp3) is 0.583. The molecule has 0 aliphatic carbocycles. The number of fused-ring (bicyclic) bond motifs is 1. The summed E-state index contributed by atoms with van der Waals surface area (Å²) in [4.78, 5) is 29.3. The van der Waals surface area contributed by atoms with E-state index in [0.29, 0.717) is 24.0 Å². The molecule has 0 unspecified atom stereocenters. The van der Waals surface area contributed by atoms with Gasteiger partial charge in [-0.3, -0.25) is 9.59 Å². The third-order valence-corrected chi connectivity index (χ3v) is 7.50. The maximum absolute atomic E-state index is 13.3. The summed E-state index contributed by atoms with van der Waals surface area (Å²) in [6.07, 6.45) is 1.21. The molecule has 0 bridgehead atoms. The number of benzene rings is 1. The summed E-state index contributed by atoms with van der Waals surface area (Å²) in [5, 5.41) is 0.516. The van der Waals surface area contributed by atoms with Crippen LogP contribution in [-0.2, 0) is 30.7 Å². The van der Waals surface area contributed by atoms with Crippen LogP contribution in [0.25, 0.3) is 10.9 Å². The minimum atomic E-state index is -3.92. The Kier molecular flexibility index (Phi) is 7.53. The summed E-state index contributed by atoms with van der Waals surface area (Å²) in [7, 11) is -3.92. The normalized spacial score (nSPS) is 19.5. The van der Waals surface area contributed by atoms with E-state index in [9.17, 15) is 18.0 Å². The average molecular weight is 478 g/mol. The number of carbonyl (C=O) groups is 2. The number of aromatic nitrogens is 1. The number of sulfone groups is 1. The van der Waals surface area contributed by atoms with Gasteiger partial charge in [0.05, 0.1) is 17.1 Å². The maximum Gasteiger partial charge on any atom is 0.242 e. The first-order valence-corrected chi connectivity index (χ1v) is 13.1. The highest BCUT2D eigenvalue weighted by molar-refractivity contribution is 7.92. The van der Waals surface area contributed by atoms with Crippen LogP contribution in [0.5, 0.6) is 0 Å². The van der Waals surface area contributed by atoms with E-state index in [0.717, 1.165) is 0 Å². The lowest BCUT2D eigenvalue weighted by molar-refractivity contribution is -0.140.